The normalized spacial score (nSPS) is 21.8. The van der Waals surface area contributed by atoms with Gasteiger partial charge in [0.05, 0.1) is 21.1 Å². The minimum atomic E-state index is -0.837. The van der Waals surface area contributed by atoms with E-state index < -0.39 is 17.2 Å². The third kappa shape index (κ3) is 2.27. The van der Waals surface area contributed by atoms with Gasteiger partial charge in [-0.2, -0.15) is 5.26 Å². The molecule has 1 unspecified atom stereocenters. The molecule has 1 saturated heterocycles. The van der Waals surface area contributed by atoms with Crippen molar-refractivity contribution in [2.75, 3.05) is 18.0 Å². The highest BCUT2D eigenvalue weighted by Crippen LogP contribution is 2.39. The summed E-state index contributed by atoms with van der Waals surface area (Å²) >= 11 is 3.07. The number of benzene rings is 1. The van der Waals surface area contributed by atoms with Crippen LogP contribution in [0.1, 0.15) is 25.3 Å². The van der Waals surface area contributed by atoms with Crippen molar-refractivity contribution >= 4 is 27.6 Å². The molecule has 1 fully saturated rings. The van der Waals surface area contributed by atoms with Crippen LogP contribution in [0.3, 0.4) is 0 Å². The Morgan fingerprint density at radius 1 is 1.65 bits per heavy atom. The zero-order valence-corrected chi connectivity index (χ0v) is 12.6. The van der Waals surface area contributed by atoms with E-state index in [1.165, 1.54) is 12.1 Å². The Labute approximate surface area is 124 Å². The fourth-order valence-corrected chi connectivity index (χ4v) is 2.99. The molecule has 1 atom stereocenters. The zero-order valence-electron chi connectivity index (χ0n) is 11.0. The van der Waals surface area contributed by atoms with Gasteiger partial charge in [-0.05, 0) is 40.9 Å². The smallest absolute Gasteiger partial charge is 0.311 e. The van der Waals surface area contributed by atoms with Gasteiger partial charge in [0.15, 0.2) is 5.82 Å². The first-order valence-electron chi connectivity index (χ1n) is 6.31. The molecule has 1 aromatic carbocycles. The van der Waals surface area contributed by atoms with E-state index in [2.05, 4.69) is 15.9 Å². The van der Waals surface area contributed by atoms with Crippen molar-refractivity contribution in [3.8, 4) is 6.07 Å². The Morgan fingerprint density at radius 2 is 2.35 bits per heavy atom. The van der Waals surface area contributed by atoms with E-state index in [1.54, 1.807) is 4.90 Å². The Hall–Kier alpha value is -1.61. The molecule has 20 heavy (non-hydrogen) atoms. The van der Waals surface area contributed by atoms with Crippen LogP contribution in [0.25, 0.3) is 0 Å². The number of hydrogen-bond donors (Lipinski definition) is 1. The molecule has 0 radical (unpaired) electrons. The lowest BCUT2D eigenvalue weighted by Crippen LogP contribution is -2.34. The molecule has 2 rings (SSSR count). The molecule has 6 heteroatoms. The fraction of sp³-hybridized carbons (Fsp3) is 0.429. The van der Waals surface area contributed by atoms with Crippen LogP contribution in [-0.2, 0) is 4.79 Å². The average molecular weight is 341 g/mol. The number of hydrogen-bond acceptors (Lipinski definition) is 3. The third-order valence-electron chi connectivity index (χ3n) is 4.01. The van der Waals surface area contributed by atoms with Gasteiger partial charge in [-0.3, -0.25) is 4.79 Å². The van der Waals surface area contributed by atoms with Crippen LogP contribution in [0.15, 0.2) is 16.6 Å². The Morgan fingerprint density at radius 3 is 2.85 bits per heavy atom. The molecular formula is C14H14BrFN2O2. The van der Waals surface area contributed by atoms with Crippen LogP contribution < -0.4 is 4.90 Å². The summed E-state index contributed by atoms with van der Waals surface area (Å²) in [6.07, 6.45) is 1.01. The van der Waals surface area contributed by atoms with Crippen molar-refractivity contribution in [1.29, 1.82) is 5.26 Å². The quantitative estimate of drug-likeness (QED) is 0.917. The summed E-state index contributed by atoms with van der Waals surface area (Å²) < 4.78 is 14.4. The molecule has 0 aromatic heterocycles. The summed E-state index contributed by atoms with van der Waals surface area (Å²) in [5.41, 5.74) is -0.245. The first-order valence-corrected chi connectivity index (χ1v) is 7.11. The fourth-order valence-electron chi connectivity index (χ4n) is 2.56. The molecule has 0 spiro atoms. The van der Waals surface area contributed by atoms with E-state index in [0.29, 0.717) is 25.1 Å². The lowest BCUT2D eigenvalue weighted by Gasteiger charge is -2.24. The molecule has 4 nitrogen and oxygen atoms in total. The first kappa shape index (κ1) is 14.8. The Bertz CT molecular complexity index is 600. The van der Waals surface area contributed by atoms with Gasteiger partial charge in [-0.15, -0.1) is 0 Å². The van der Waals surface area contributed by atoms with Crippen LogP contribution in [0, 0.1) is 22.6 Å². The number of aliphatic carboxylic acids is 1. The topological polar surface area (TPSA) is 64.3 Å². The van der Waals surface area contributed by atoms with Crippen LogP contribution >= 0.6 is 15.9 Å². The molecule has 0 aliphatic carbocycles. The number of anilines is 1. The molecule has 106 valence electrons. The summed E-state index contributed by atoms with van der Waals surface area (Å²) in [5.74, 6) is -1.35. The molecule has 0 saturated carbocycles. The first-order chi connectivity index (χ1) is 9.45. The zero-order chi connectivity index (χ0) is 14.9. The number of rotatable bonds is 3. The highest BCUT2D eigenvalue weighted by Gasteiger charge is 2.44. The molecule has 1 aliphatic rings. The molecule has 1 aliphatic heterocycles. The second-order valence-electron chi connectivity index (χ2n) is 4.98. The predicted molar refractivity (Wildman–Crippen MR) is 76.0 cm³/mol. The average Bonchev–Trinajstić information content (AvgIpc) is 2.87. The number of nitrogens with zero attached hydrogens (tertiary/aromatic N) is 2. The van der Waals surface area contributed by atoms with E-state index in [9.17, 15) is 14.3 Å². The van der Waals surface area contributed by atoms with Crippen molar-refractivity contribution in [2.45, 2.75) is 19.8 Å². The molecule has 1 heterocycles. The van der Waals surface area contributed by atoms with Crippen molar-refractivity contribution in [3.05, 3.63) is 28.0 Å². The van der Waals surface area contributed by atoms with E-state index in [0.717, 1.165) is 0 Å². The van der Waals surface area contributed by atoms with E-state index in [4.69, 9.17) is 5.26 Å². The maximum Gasteiger partial charge on any atom is 0.311 e. The van der Waals surface area contributed by atoms with Gasteiger partial charge in [0.2, 0.25) is 0 Å². The van der Waals surface area contributed by atoms with Gasteiger partial charge < -0.3 is 10.0 Å². The second-order valence-corrected chi connectivity index (χ2v) is 5.78. The Balaban J connectivity index is 2.34. The number of carbonyl (C=O) groups is 1. The summed E-state index contributed by atoms with van der Waals surface area (Å²) in [7, 11) is 0. The third-order valence-corrected chi connectivity index (χ3v) is 4.78. The second kappa shape index (κ2) is 5.41. The van der Waals surface area contributed by atoms with Crippen molar-refractivity contribution < 1.29 is 14.3 Å². The molecule has 0 amide bonds. The molecular weight excluding hydrogens is 327 g/mol. The summed E-state index contributed by atoms with van der Waals surface area (Å²) in [6, 6.07) is 4.97. The van der Waals surface area contributed by atoms with E-state index in [1.807, 2.05) is 13.0 Å². The lowest BCUT2D eigenvalue weighted by atomic mass is 9.84. The Kier molecular flexibility index (Phi) is 4.00. The monoisotopic (exact) mass is 340 g/mol. The largest absolute Gasteiger partial charge is 0.481 e. The van der Waals surface area contributed by atoms with Gasteiger partial charge in [0.1, 0.15) is 6.07 Å². The molecule has 0 bridgehead atoms. The van der Waals surface area contributed by atoms with E-state index in [-0.39, 0.29) is 16.6 Å². The van der Waals surface area contributed by atoms with Crippen LogP contribution in [-0.4, -0.2) is 24.2 Å². The maximum atomic E-state index is 14.3. The van der Waals surface area contributed by atoms with Crippen LogP contribution in [0.5, 0.6) is 0 Å². The minimum absolute atomic E-state index is 0.127. The maximum absolute atomic E-state index is 14.3. The number of nitriles is 1. The van der Waals surface area contributed by atoms with Crippen LogP contribution in [0.4, 0.5) is 10.1 Å². The van der Waals surface area contributed by atoms with Gasteiger partial charge in [0.25, 0.3) is 0 Å². The van der Waals surface area contributed by atoms with Crippen molar-refractivity contribution in [2.24, 2.45) is 5.41 Å². The highest BCUT2D eigenvalue weighted by atomic mass is 79.9. The van der Waals surface area contributed by atoms with E-state index >= 15 is 0 Å². The molecule has 1 aromatic rings. The van der Waals surface area contributed by atoms with Gasteiger partial charge in [-0.1, -0.05) is 6.92 Å². The predicted octanol–water partition coefficient (Wildman–Crippen LogP) is 3.15. The van der Waals surface area contributed by atoms with Gasteiger partial charge >= 0.3 is 5.97 Å². The minimum Gasteiger partial charge on any atom is -0.481 e. The van der Waals surface area contributed by atoms with Crippen molar-refractivity contribution in [3.63, 3.8) is 0 Å². The molecule has 1 N–H and O–H groups in total. The van der Waals surface area contributed by atoms with Gasteiger partial charge in [0, 0.05) is 13.1 Å². The van der Waals surface area contributed by atoms with Crippen molar-refractivity contribution in [1.82, 2.24) is 0 Å². The lowest BCUT2D eigenvalue weighted by molar-refractivity contribution is -0.147. The summed E-state index contributed by atoms with van der Waals surface area (Å²) in [4.78, 5) is 13.1. The number of carboxylic acids is 1. The highest BCUT2D eigenvalue weighted by molar-refractivity contribution is 9.10. The number of carboxylic acid groups (broad SMARTS) is 1. The SMILES string of the molecule is CCC1(C(=O)O)CCN(c2ccc(C#N)c(Br)c2F)C1. The van der Waals surface area contributed by atoms with Crippen LogP contribution in [0.2, 0.25) is 0 Å². The van der Waals surface area contributed by atoms with Gasteiger partial charge in [-0.25, -0.2) is 4.39 Å². The summed E-state index contributed by atoms with van der Waals surface area (Å²) in [5, 5.41) is 18.2. The standard InChI is InChI=1S/C14H14BrFN2O2/c1-2-14(13(19)20)5-6-18(8-14)10-4-3-9(7-17)11(15)12(10)16/h3-4H,2,5-6,8H2,1H3,(H,19,20). The number of halogens is 2. The summed E-state index contributed by atoms with van der Waals surface area (Å²) in [6.45, 7) is 2.62.